The van der Waals surface area contributed by atoms with Crippen LogP contribution in [0.4, 0.5) is 0 Å². The predicted molar refractivity (Wildman–Crippen MR) is 136 cm³/mol. The lowest BCUT2D eigenvalue weighted by Crippen LogP contribution is -2.71. The Bertz CT molecular complexity index is 962. The monoisotopic (exact) mass is 627 g/mol. The lowest BCUT2D eigenvalue weighted by Gasteiger charge is -2.50. The largest absolute Gasteiger partial charge is 0.394 e. The number of aliphatic hydroxyl groups is 8. The third-order valence-electron chi connectivity index (χ3n) is 7.30. The van der Waals surface area contributed by atoms with Crippen molar-refractivity contribution in [3.05, 3.63) is 0 Å². The summed E-state index contributed by atoms with van der Waals surface area (Å²) >= 11 is 0. The molecule has 15 atom stereocenters. The highest BCUT2D eigenvalue weighted by Crippen LogP contribution is 2.32. The van der Waals surface area contributed by atoms with Crippen molar-refractivity contribution in [2.45, 2.75) is 113 Å². The third kappa shape index (κ3) is 8.14. The molecule has 19 nitrogen and oxygen atoms in total. The summed E-state index contributed by atoms with van der Waals surface area (Å²) in [5, 5.41) is 89.9. The Balaban J connectivity index is 2.00. The fourth-order valence-electron chi connectivity index (χ4n) is 5.27. The SMILES string of the molecule is CC(=O)N[C@@H]1[C@@H](O[C@@H]2O[C@H](CO)[C@H](O)[C@H](O[C@@H]3O[C@H](CO)[C@H](O)[C@H](O)[C@H]3NC(C)=O)[C@H]2NC(C)=O)[C@@H](O)[C@@H](CO)O[C@H]1O. The molecule has 3 heterocycles. The maximum Gasteiger partial charge on any atom is 0.217 e. The lowest BCUT2D eigenvalue weighted by molar-refractivity contribution is -0.347. The average molecular weight is 628 g/mol. The molecule has 248 valence electrons. The van der Waals surface area contributed by atoms with Crippen molar-refractivity contribution in [1.29, 1.82) is 0 Å². The van der Waals surface area contributed by atoms with Crippen LogP contribution in [0.25, 0.3) is 0 Å². The predicted octanol–water partition coefficient (Wildman–Crippen LogP) is -7.14. The molecule has 3 amide bonds. The Kier molecular flexibility index (Phi) is 12.5. The average Bonchev–Trinajstić information content (AvgIpc) is 2.94. The molecule has 3 rings (SSSR count). The Hall–Kier alpha value is -2.11. The quantitative estimate of drug-likeness (QED) is 0.107. The first-order valence-corrected chi connectivity index (χ1v) is 13.5. The van der Waals surface area contributed by atoms with E-state index >= 15 is 0 Å². The van der Waals surface area contributed by atoms with Crippen molar-refractivity contribution in [1.82, 2.24) is 16.0 Å². The molecule has 0 radical (unpaired) electrons. The van der Waals surface area contributed by atoms with Gasteiger partial charge in [-0.1, -0.05) is 0 Å². The maximum atomic E-state index is 12.3. The summed E-state index contributed by atoms with van der Waals surface area (Å²) in [5.41, 5.74) is 0. The second-order valence-electron chi connectivity index (χ2n) is 10.5. The van der Waals surface area contributed by atoms with Gasteiger partial charge in [0.2, 0.25) is 17.7 Å². The molecular weight excluding hydrogens is 586 g/mol. The molecule has 0 bridgehead atoms. The lowest BCUT2D eigenvalue weighted by atomic mass is 9.93. The zero-order chi connectivity index (χ0) is 32.2. The number of hydrogen-bond acceptors (Lipinski definition) is 16. The molecule has 3 fully saturated rings. The van der Waals surface area contributed by atoms with Crippen LogP contribution in [0.1, 0.15) is 20.8 Å². The number of ether oxygens (including phenoxy) is 5. The van der Waals surface area contributed by atoms with E-state index in [1.807, 2.05) is 0 Å². The summed E-state index contributed by atoms with van der Waals surface area (Å²) in [5.74, 6) is -2.01. The van der Waals surface area contributed by atoms with Crippen LogP contribution in [-0.4, -0.2) is 170 Å². The zero-order valence-corrected chi connectivity index (χ0v) is 23.6. The summed E-state index contributed by atoms with van der Waals surface area (Å²) in [6.45, 7) is 0.964. The van der Waals surface area contributed by atoms with Gasteiger partial charge >= 0.3 is 0 Å². The fraction of sp³-hybridized carbons (Fsp3) is 0.875. The van der Waals surface area contributed by atoms with Crippen molar-refractivity contribution in [2.75, 3.05) is 19.8 Å². The Labute approximate surface area is 245 Å². The molecule has 0 aromatic rings. The molecule has 0 spiro atoms. The molecule has 0 aromatic carbocycles. The third-order valence-corrected chi connectivity index (χ3v) is 7.30. The summed E-state index contributed by atoms with van der Waals surface area (Å²) in [4.78, 5) is 36.0. The molecule has 0 saturated carbocycles. The molecule has 0 aromatic heterocycles. The first kappa shape index (κ1) is 35.4. The highest BCUT2D eigenvalue weighted by molar-refractivity contribution is 5.74. The van der Waals surface area contributed by atoms with Gasteiger partial charge < -0.3 is 80.5 Å². The molecule has 3 aliphatic heterocycles. The van der Waals surface area contributed by atoms with Gasteiger partial charge in [-0.25, -0.2) is 0 Å². The second kappa shape index (κ2) is 15.3. The molecule has 0 aliphatic carbocycles. The van der Waals surface area contributed by atoms with E-state index < -0.39 is 129 Å². The van der Waals surface area contributed by atoms with Crippen molar-refractivity contribution in [3.8, 4) is 0 Å². The molecule has 19 heteroatoms. The number of amides is 3. The van der Waals surface area contributed by atoms with E-state index in [0.29, 0.717) is 0 Å². The Morgan fingerprint density at radius 3 is 1.40 bits per heavy atom. The van der Waals surface area contributed by atoms with Crippen LogP contribution in [0.5, 0.6) is 0 Å². The van der Waals surface area contributed by atoms with Crippen LogP contribution in [0.15, 0.2) is 0 Å². The minimum absolute atomic E-state index is 0.651. The van der Waals surface area contributed by atoms with Gasteiger partial charge in [0.15, 0.2) is 18.9 Å². The van der Waals surface area contributed by atoms with E-state index in [2.05, 4.69) is 16.0 Å². The zero-order valence-electron chi connectivity index (χ0n) is 23.6. The van der Waals surface area contributed by atoms with Crippen LogP contribution in [0, 0.1) is 0 Å². The van der Waals surface area contributed by atoms with Gasteiger partial charge in [-0.2, -0.15) is 0 Å². The normalized spacial score (nSPS) is 43.5. The van der Waals surface area contributed by atoms with E-state index in [-0.39, 0.29) is 0 Å². The Morgan fingerprint density at radius 2 is 0.930 bits per heavy atom. The standard InChI is InChI=1S/C24H41N3O16/c1-7(31)25-13-19(37)16(34)10(4-28)40-23(13)43-21-15(27-9(3)33)24(41-12(6-30)18(21)36)42-20-14(26-8(2)32)22(38)39-11(5-29)17(20)35/h10-24,28-30,34-38H,4-6H2,1-3H3,(H,25,31)(H,26,32)(H,27,33)/t10-,11-,12-,13-,14-,15-,16+,17+,18+,19-,20-,21-,22-,23+,24+/m1/s1. The van der Waals surface area contributed by atoms with E-state index in [0.717, 1.165) is 20.8 Å². The number of aliphatic hydroxyl groups excluding tert-OH is 8. The molecular formula is C24H41N3O16. The van der Waals surface area contributed by atoms with E-state index in [1.54, 1.807) is 0 Å². The number of nitrogens with one attached hydrogen (secondary N) is 3. The topological polar surface area (TPSA) is 295 Å². The van der Waals surface area contributed by atoms with Crippen LogP contribution in [0.2, 0.25) is 0 Å². The molecule has 43 heavy (non-hydrogen) atoms. The first-order chi connectivity index (χ1) is 20.2. The summed E-state index contributed by atoms with van der Waals surface area (Å²) in [7, 11) is 0. The summed E-state index contributed by atoms with van der Waals surface area (Å²) in [6, 6.07) is -4.37. The van der Waals surface area contributed by atoms with Gasteiger partial charge in [0, 0.05) is 20.8 Å². The van der Waals surface area contributed by atoms with Gasteiger partial charge in [-0.05, 0) is 0 Å². The molecule has 11 N–H and O–H groups in total. The van der Waals surface area contributed by atoms with E-state index in [9.17, 15) is 55.2 Å². The van der Waals surface area contributed by atoms with Crippen molar-refractivity contribution in [2.24, 2.45) is 0 Å². The summed E-state index contributed by atoms with van der Waals surface area (Å²) < 4.78 is 28.3. The van der Waals surface area contributed by atoms with Gasteiger partial charge in [-0.15, -0.1) is 0 Å². The van der Waals surface area contributed by atoms with E-state index in [1.165, 1.54) is 0 Å². The molecule has 0 unspecified atom stereocenters. The van der Waals surface area contributed by atoms with Gasteiger partial charge in [0.1, 0.15) is 73.1 Å². The van der Waals surface area contributed by atoms with Crippen LogP contribution >= 0.6 is 0 Å². The van der Waals surface area contributed by atoms with Crippen molar-refractivity contribution >= 4 is 17.7 Å². The smallest absolute Gasteiger partial charge is 0.217 e. The van der Waals surface area contributed by atoms with Gasteiger partial charge in [0.25, 0.3) is 0 Å². The Morgan fingerprint density at radius 1 is 0.558 bits per heavy atom. The highest BCUT2D eigenvalue weighted by atomic mass is 16.7. The molecule has 3 saturated heterocycles. The number of hydrogen-bond donors (Lipinski definition) is 11. The minimum Gasteiger partial charge on any atom is -0.394 e. The minimum atomic E-state index is -1.78. The van der Waals surface area contributed by atoms with Crippen LogP contribution in [0.3, 0.4) is 0 Å². The maximum absolute atomic E-state index is 12.3. The summed E-state index contributed by atoms with van der Waals surface area (Å²) in [6.07, 6.45) is -19.3. The van der Waals surface area contributed by atoms with Crippen LogP contribution in [-0.2, 0) is 38.1 Å². The first-order valence-electron chi connectivity index (χ1n) is 13.5. The van der Waals surface area contributed by atoms with Crippen molar-refractivity contribution < 1.29 is 78.9 Å². The second-order valence-corrected chi connectivity index (χ2v) is 10.5. The van der Waals surface area contributed by atoms with Crippen LogP contribution < -0.4 is 16.0 Å². The number of rotatable bonds is 10. The fourth-order valence-corrected chi connectivity index (χ4v) is 5.27. The van der Waals surface area contributed by atoms with E-state index in [4.69, 9.17) is 23.7 Å². The molecule has 3 aliphatic rings. The van der Waals surface area contributed by atoms with Crippen molar-refractivity contribution in [3.63, 3.8) is 0 Å². The van der Waals surface area contributed by atoms with Gasteiger partial charge in [0.05, 0.1) is 19.8 Å². The highest BCUT2D eigenvalue weighted by Gasteiger charge is 2.54. The number of carbonyl (C=O) groups excluding carboxylic acids is 3. The number of carbonyl (C=O) groups is 3. The van der Waals surface area contributed by atoms with Gasteiger partial charge in [-0.3, -0.25) is 14.4 Å².